The van der Waals surface area contributed by atoms with Crippen LogP contribution in [0.25, 0.3) is 16.0 Å². The Kier molecular flexibility index (Phi) is 3.45. The minimum atomic E-state index is 0.0761. The monoisotopic (exact) mass is 282 g/mol. The maximum atomic E-state index is 12.9. The van der Waals surface area contributed by atoms with E-state index in [-0.39, 0.29) is 5.56 Å². The summed E-state index contributed by atoms with van der Waals surface area (Å²) in [5.41, 5.74) is 3.89. The molecule has 3 rings (SSSR count). The highest BCUT2D eigenvalue weighted by molar-refractivity contribution is 7.15. The van der Waals surface area contributed by atoms with Crippen molar-refractivity contribution in [2.24, 2.45) is 0 Å². The van der Waals surface area contributed by atoms with Crippen LogP contribution in [0.4, 0.5) is 0 Å². The van der Waals surface area contributed by atoms with E-state index in [0.717, 1.165) is 33.6 Å². The molecule has 0 atom stereocenters. The van der Waals surface area contributed by atoms with Crippen molar-refractivity contribution in [1.82, 2.24) is 4.40 Å². The Balaban J connectivity index is 2.38. The number of hydrogen-bond acceptors (Lipinski definition) is 2. The van der Waals surface area contributed by atoms with Gasteiger partial charge in [0.05, 0.1) is 5.56 Å². The van der Waals surface area contributed by atoms with E-state index in [4.69, 9.17) is 0 Å². The number of fused-ring (bicyclic) bond motifs is 1. The fraction of sp³-hybridized carbons (Fsp3) is 0.176. The van der Waals surface area contributed by atoms with Crippen LogP contribution in [0.15, 0.2) is 46.6 Å². The Hall–Kier alpha value is -1.87. The van der Waals surface area contributed by atoms with Gasteiger partial charge >= 0.3 is 0 Å². The van der Waals surface area contributed by atoms with Crippen LogP contribution in [0.2, 0.25) is 0 Å². The summed E-state index contributed by atoms with van der Waals surface area (Å²) in [7, 11) is 0. The molecule has 3 aromatic rings. The average Bonchev–Trinajstić information content (AvgIpc) is 2.82. The van der Waals surface area contributed by atoms with Gasteiger partial charge in [-0.05, 0) is 37.0 Å². The Morgan fingerprint density at radius 1 is 1.25 bits per heavy atom. The molecule has 1 radical (unpaired) electrons. The lowest BCUT2D eigenvalue weighted by Crippen LogP contribution is -2.17. The van der Waals surface area contributed by atoms with Gasteiger partial charge < -0.3 is 0 Å². The highest BCUT2D eigenvalue weighted by atomic mass is 32.1. The summed E-state index contributed by atoms with van der Waals surface area (Å²) >= 11 is 1.61. The molecule has 0 bridgehead atoms. The summed E-state index contributed by atoms with van der Waals surface area (Å²) in [6.45, 7) is 4.07. The number of hydrogen-bond donors (Lipinski definition) is 0. The van der Waals surface area contributed by atoms with Gasteiger partial charge in [0.15, 0.2) is 0 Å². The van der Waals surface area contributed by atoms with Crippen molar-refractivity contribution in [3.63, 3.8) is 0 Å². The molecule has 0 aliphatic heterocycles. The molecule has 2 nitrogen and oxygen atoms in total. The maximum Gasteiger partial charge on any atom is 0.264 e. The van der Waals surface area contributed by atoms with Crippen molar-refractivity contribution in [1.29, 1.82) is 0 Å². The molecule has 0 aliphatic rings. The van der Waals surface area contributed by atoms with Crippen molar-refractivity contribution < 1.29 is 0 Å². The Bertz CT molecular complexity index is 799. The predicted octanol–water partition coefficient (Wildman–Crippen LogP) is 4.30. The minimum Gasteiger partial charge on any atom is -0.271 e. The second-order valence-electron chi connectivity index (χ2n) is 4.81. The van der Waals surface area contributed by atoms with Crippen LogP contribution in [0.3, 0.4) is 0 Å². The zero-order valence-corrected chi connectivity index (χ0v) is 12.4. The molecule has 0 aliphatic carbocycles. The molecule has 0 fully saturated rings. The van der Waals surface area contributed by atoms with E-state index in [0.29, 0.717) is 0 Å². The van der Waals surface area contributed by atoms with E-state index >= 15 is 0 Å². The third kappa shape index (κ3) is 2.08. The Morgan fingerprint density at radius 2 is 2.00 bits per heavy atom. The van der Waals surface area contributed by atoms with E-state index in [9.17, 15) is 4.79 Å². The molecule has 0 saturated carbocycles. The van der Waals surface area contributed by atoms with Gasteiger partial charge in [0, 0.05) is 11.1 Å². The zero-order chi connectivity index (χ0) is 14.1. The molecule has 0 N–H and O–H groups in total. The standard InChI is InChI=1S/C17H16NOS/c1-3-7-14-10-15-18(12(2)11-20-15)17(19)16(14)13-8-5-4-6-9-13/h4-11H,3H2,1-2H3. The smallest absolute Gasteiger partial charge is 0.264 e. The topological polar surface area (TPSA) is 21.5 Å². The highest BCUT2D eigenvalue weighted by Crippen LogP contribution is 2.26. The molecule has 101 valence electrons. The van der Waals surface area contributed by atoms with Crippen LogP contribution in [0.1, 0.15) is 24.6 Å². The van der Waals surface area contributed by atoms with Crippen molar-refractivity contribution in [2.75, 3.05) is 0 Å². The van der Waals surface area contributed by atoms with Crippen LogP contribution >= 0.6 is 11.3 Å². The van der Waals surface area contributed by atoms with E-state index in [1.165, 1.54) is 0 Å². The van der Waals surface area contributed by atoms with Crippen molar-refractivity contribution >= 4 is 16.2 Å². The number of rotatable bonds is 3. The molecule has 0 saturated heterocycles. The first-order chi connectivity index (χ1) is 9.72. The lowest BCUT2D eigenvalue weighted by atomic mass is 9.99. The molecule has 2 aromatic heterocycles. The molecule has 0 unspecified atom stereocenters. The fourth-order valence-electron chi connectivity index (χ4n) is 2.50. The number of thiazole rings is 1. The summed E-state index contributed by atoms with van der Waals surface area (Å²) in [5, 5.41) is 2.03. The Morgan fingerprint density at radius 3 is 2.70 bits per heavy atom. The third-order valence-corrected chi connectivity index (χ3v) is 4.40. The lowest BCUT2D eigenvalue weighted by Gasteiger charge is -2.09. The molecular weight excluding hydrogens is 266 g/mol. The Labute approximate surface area is 122 Å². The van der Waals surface area contributed by atoms with E-state index in [1.54, 1.807) is 15.7 Å². The lowest BCUT2D eigenvalue weighted by molar-refractivity contribution is 1.04. The first kappa shape index (κ1) is 13.1. The summed E-state index contributed by atoms with van der Waals surface area (Å²) in [5.74, 6) is 0. The van der Waals surface area contributed by atoms with E-state index in [2.05, 4.69) is 19.4 Å². The maximum absolute atomic E-state index is 12.9. The van der Waals surface area contributed by atoms with Gasteiger partial charge in [-0.3, -0.25) is 9.20 Å². The largest absolute Gasteiger partial charge is 0.271 e. The van der Waals surface area contributed by atoms with Gasteiger partial charge in [0.2, 0.25) is 0 Å². The molecular formula is C17H16NOS. The average molecular weight is 282 g/mol. The van der Waals surface area contributed by atoms with E-state index < -0.39 is 0 Å². The van der Waals surface area contributed by atoms with Crippen LogP contribution in [0.5, 0.6) is 0 Å². The van der Waals surface area contributed by atoms with Gasteiger partial charge in [0.1, 0.15) is 4.83 Å². The fourth-order valence-corrected chi connectivity index (χ4v) is 3.42. The first-order valence-corrected chi connectivity index (χ1v) is 7.63. The highest BCUT2D eigenvalue weighted by Gasteiger charge is 2.14. The van der Waals surface area contributed by atoms with Crippen molar-refractivity contribution in [2.45, 2.75) is 20.3 Å². The van der Waals surface area contributed by atoms with Crippen LogP contribution in [-0.2, 0) is 0 Å². The summed E-state index contributed by atoms with van der Waals surface area (Å²) in [6, 6.07) is 12.0. The number of aromatic nitrogens is 1. The van der Waals surface area contributed by atoms with Crippen LogP contribution < -0.4 is 5.56 Å². The molecule has 2 heterocycles. The van der Waals surface area contributed by atoms with Crippen LogP contribution in [0, 0.1) is 13.3 Å². The number of nitrogens with zero attached hydrogens (tertiary/aromatic N) is 1. The third-order valence-electron chi connectivity index (χ3n) is 3.39. The molecule has 20 heavy (non-hydrogen) atoms. The summed E-state index contributed by atoms with van der Waals surface area (Å²) < 4.78 is 1.81. The first-order valence-electron chi connectivity index (χ1n) is 6.75. The van der Waals surface area contributed by atoms with E-state index in [1.807, 2.05) is 42.6 Å². The quantitative estimate of drug-likeness (QED) is 0.702. The summed E-state index contributed by atoms with van der Waals surface area (Å²) in [4.78, 5) is 13.9. The normalized spacial score (nSPS) is 11.1. The van der Waals surface area contributed by atoms with Gasteiger partial charge in [-0.1, -0.05) is 37.3 Å². The number of aryl methyl sites for hydroxylation is 1. The zero-order valence-electron chi connectivity index (χ0n) is 11.6. The summed E-state index contributed by atoms with van der Waals surface area (Å²) in [6.07, 6.45) is 3.04. The number of benzene rings is 1. The van der Waals surface area contributed by atoms with Gasteiger partial charge in [-0.25, -0.2) is 0 Å². The molecule has 3 heteroatoms. The van der Waals surface area contributed by atoms with Crippen LogP contribution in [-0.4, -0.2) is 4.40 Å². The molecule has 0 spiro atoms. The SMILES string of the molecule is CC[CH]c1cc2scc(C)n2c(=O)c1-c1ccccc1. The predicted molar refractivity (Wildman–Crippen MR) is 85.4 cm³/mol. The van der Waals surface area contributed by atoms with Gasteiger partial charge in [-0.15, -0.1) is 11.3 Å². The minimum absolute atomic E-state index is 0.0761. The van der Waals surface area contributed by atoms with Crippen molar-refractivity contribution in [3.8, 4) is 11.1 Å². The second-order valence-corrected chi connectivity index (χ2v) is 5.70. The van der Waals surface area contributed by atoms with Crippen molar-refractivity contribution in [3.05, 3.63) is 69.8 Å². The number of pyridine rings is 1. The second kappa shape index (κ2) is 5.25. The molecule has 0 amide bonds. The van der Waals surface area contributed by atoms with Gasteiger partial charge in [-0.2, -0.15) is 0 Å². The molecule has 1 aromatic carbocycles. The van der Waals surface area contributed by atoms with Gasteiger partial charge in [0.25, 0.3) is 5.56 Å².